The van der Waals surface area contributed by atoms with Gasteiger partial charge in [0.2, 0.25) is 11.8 Å². The van der Waals surface area contributed by atoms with Gasteiger partial charge in [-0.25, -0.2) is 4.98 Å². The summed E-state index contributed by atoms with van der Waals surface area (Å²) < 4.78 is 0. The molecule has 0 radical (unpaired) electrons. The van der Waals surface area contributed by atoms with Gasteiger partial charge in [0.05, 0.1) is 11.1 Å². The van der Waals surface area contributed by atoms with Gasteiger partial charge in [0, 0.05) is 29.2 Å². The van der Waals surface area contributed by atoms with Crippen molar-refractivity contribution >= 4 is 56.5 Å². The number of thiophene rings is 1. The van der Waals surface area contributed by atoms with E-state index in [1.807, 2.05) is 36.6 Å². The average Bonchev–Trinajstić information content (AvgIpc) is 3.18. The molecular weight excluding hydrogens is 444 g/mol. The van der Waals surface area contributed by atoms with E-state index in [0.717, 1.165) is 16.7 Å². The van der Waals surface area contributed by atoms with Crippen LogP contribution in [0.25, 0.3) is 21.3 Å². The van der Waals surface area contributed by atoms with Gasteiger partial charge >= 0.3 is 0 Å². The fraction of sp³-hybridized carbons (Fsp3) is 0.130. The van der Waals surface area contributed by atoms with Gasteiger partial charge in [-0.05, 0) is 36.8 Å². The molecule has 0 aliphatic heterocycles. The van der Waals surface area contributed by atoms with E-state index in [-0.39, 0.29) is 23.1 Å². The molecule has 0 atom stereocenters. The number of aromatic nitrogens is 2. The fourth-order valence-corrected chi connectivity index (χ4v) is 4.78. The Morgan fingerprint density at radius 3 is 2.34 bits per heavy atom. The van der Waals surface area contributed by atoms with E-state index in [1.165, 1.54) is 30.0 Å². The van der Waals surface area contributed by atoms with Crippen molar-refractivity contribution in [1.29, 1.82) is 0 Å². The molecule has 0 spiro atoms. The zero-order valence-corrected chi connectivity index (χ0v) is 19.0. The monoisotopic (exact) mass is 464 g/mol. The molecule has 3 N–H and O–H groups in total. The number of rotatable bonds is 6. The van der Waals surface area contributed by atoms with Crippen LogP contribution in [0.15, 0.2) is 63.9 Å². The average molecular weight is 465 g/mol. The second-order valence-corrected chi connectivity index (χ2v) is 8.98. The van der Waals surface area contributed by atoms with Crippen molar-refractivity contribution in [3.05, 3.63) is 69.8 Å². The first-order valence-corrected chi connectivity index (χ1v) is 11.6. The van der Waals surface area contributed by atoms with Gasteiger partial charge in [-0.3, -0.25) is 14.4 Å². The molecule has 2 heterocycles. The lowest BCUT2D eigenvalue weighted by molar-refractivity contribution is -0.114. The van der Waals surface area contributed by atoms with Crippen molar-refractivity contribution in [2.24, 2.45) is 0 Å². The smallest absolute Gasteiger partial charge is 0.260 e. The molecule has 0 saturated carbocycles. The molecule has 7 nitrogen and oxygen atoms in total. The van der Waals surface area contributed by atoms with Crippen LogP contribution in [0.5, 0.6) is 0 Å². The highest BCUT2D eigenvalue weighted by Crippen LogP contribution is 2.31. The van der Waals surface area contributed by atoms with Gasteiger partial charge < -0.3 is 15.6 Å². The van der Waals surface area contributed by atoms with Crippen molar-refractivity contribution in [3.63, 3.8) is 0 Å². The number of amides is 2. The second-order valence-electron chi connectivity index (χ2n) is 7.16. The number of carbonyl (C=O) groups is 2. The van der Waals surface area contributed by atoms with Crippen LogP contribution in [0.1, 0.15) is 12.5 Å². The molecule has 0 bridgehead atoms. The Kier molecular flexibility index (Phi) is 6.38. The summed E-state index contributed by atoms with van der Waals surface area (Å²) in [5.74, 6) is -0.289. The van der Waals surface area contributed by atoms with Crippen molar-refractivity contribution in [1.82, 2.24) is 9.97 Å². The van der Waals surface area contributed by atoms with Crippen molar-refractivity contribution in [3.8, 4) is 11.1 Å². The third kappa shape index (κ3) is 5.06. The van der Waals surface area contributed by atoms with E-state index in [4.69, 9.17) is 0 Å². The molecule has 0 saturated heterocycles. The molecule has 162 valence electrons. The number of aryl methyl sites for hydroxylation is 1. The molecule has 0 unspecified atom stereocenters. The van der Waals surface area contributed by atoms with E-state index >= 15 is 0 Å². The van der Waals surface area contributed by atoms with Crippen molar-refractivity contribution in [2.75, 3.05) is 16.4 Å². The highest BCUT2D eigenvalue weighted by atomic mass is 32.2. The molecule has 2 aromatic heterocycles. The number of aromatic amines is 1. The summed E-state index contributed by atoms with van der Waals surface area (Å²) in [6, 6.07) is 14.8. The van der Waals surface area contributed by atoms with Crippen LogP contribution in [-0.2, 0) is 9.59 Å². The lowest BCUT2D eigenvalue weighted by Crippen LogP contribution is -2.15. The number of nitrogens with one attached hydrogen (secondary N) is 3. The third-order valence-corrected chi connectivity index (χ3v) is 6.36. The Balaban J connectivity index is 1.43. The first-order chi connectivity index (χ1) is 15.4. The molecule has 0 fully saturated rings. The first kappa shape index (κ1) is 21.8. The van der Waals surface area contributed by atoms with E-state index in [0.29, 0.717) is 26.7 Å². The summed E-state index contributed by atoms with van der Waals surface area (Å²) in [7, 11) is 0. The Labute approximate surface area is 192 Å². The maximum Gasteiger partial charge on any atom is 0.260 e. The standard InChI is InChI=1S/C23H20N4O3S2/c1-13-3-5-15(6-4-13)18-11-31-22-20(18)21(30)26-23(27-22)32-12-19(29)25-17-9-7-16(8-10-17)24-14(2)28/h3-11H,12H2,1-2H3,(H,24,28)(H,25,29)(H,26,27,30). The predicted octanol–water partition coefficient (Wildman–Crippen LogP) is 4.65. The number of benzene rings is 2. The minimum atomic E-state index is -0.225. The lowest BCUT2D eigenvalue weighted by atomic mass is 10.1. The number of fused-ring (bicyclic) bond motifs is 1. The normalized spacial score (nSPS) is 10.8. The van der Waals surface area contributed by atoms with Gasteiger partial charge in [-0.2, -0.15) is 0 Å². The Bertz CT molecular complexity index is 1340. The van der Waals surface area contributed by atoms with Gasteiger partial charge in [0.1, 0.15) is 4.83 Å². The maximum absolute atomic E-state index is 12.7. The zero-order chi connectivity index (χ0) is 22.7. The third-order valence-electron chi connectivity index (χ3n) is 4.61. The molecular formula is C23H20N4O3S2. The van der Waals surface area contributed by atoms with Gasteiger partial charge in [0.25, 0.3) is 5.56 Å². The zero-order valence-electron chi connectivity index (χ0n) is 17.4. The largest absolute Gasteiger partial charge is 0.326 e. The van der Waals surface area contributed by atoms with E-state index < -0.39 is 0 Å². The maximum atomic E-state index is 12.7. The molecule has 0 aliphatic rings. The molecule has 32 heavy (non-hydrogen) atoms. The van der Waals surface area contributed by atoms with E-state index in [2.05, 4.69) is 20.6 Å². The number of nitrogens with zero attached hydrogens (tertiary/aromatic N) is 1. The molecule has 2 amide bonds. The second kappa shape index (κ2) is 9.37. The van der Waals surface area contributed by atoms with Gasteiger partial charge in [-0.1, -0.05) is 41.6 Å². The summed E-state index contributed by atoms with van der Waals surface area (Å²) in [6.45, 7) is 3.45. The Morgan fingerprint density at radius 1 is 1.03 bits per heavy atom. The summed E-state index contributed by atoms with van der Waals surface area (Å²) in [6.07, 6.45) is 0. The highest BCUT2D eigenvalue weighted by Gasteiger charge is 2.14. The minimum Gasteiger partial charge on any atom is -0.326 e. The van der Waals surface area contributed by atoms with Crippen LogP contribution in [-0.4, -0.2) is 27.5 Å². The lowest BCUT2D eigenvalue weighted by Gasteiger charge is -2.07. The predicted molar refractivity (Wildman–Crippen MR) is 131 cm³/mol. The summed E-state index contributed by atoms with van der Waals surface area (Å²) in [5.41, 5.74) is 4.03. The molecule has 4 rings (SSSR count). The number of anilines is 2. The van der Waals surface area contributed by atoms with Crippen LogP contribution >= 0.6 is 23.1 Å². The molecule has 0 aliphatic carbocycles. The number of carbonyl (C=O) groups excluding carboxylic acids is 2. The number of hydrogen-bond donors (Lipinski definition) is 3. The molecule has 2 aromatic carbocycles. The highest BCUT2D eigenvalue weighted by molar-refractivity contribution is 7.99. The van der Waals surface area contributed by atoms with E-state index in [9.17, 15) is 14.4 Å². The summed E-state index contributed by atoms with van der Waals surface area (Å²) in [4.78, 5) is 44.0. The molecule has 9 heteroatoms. The Hall–Kier alpha value is -3.43. The van der Waals surface area contributed by atoms with Crippen LogP contribution in [0.2, 0.25) is 0 Å². The number of H-pyrrole nitrogens is 1. The van der Waals surface area contributed by atoms with Crippen LogP contribution in [0, 0.1) is 6.92 Å². The fourth-order valence-electron chi connectivity index (χ4n) is 3.11. The van der Waals surface area contributed by atoms with Crippen LogP contribution < -0.4 is 16.2 Å². The van der Waals surface area contributed by atoms with E-state index in [1.54, 1.807) is 24.3 Å². The first-order valence-electron chi connectivity index (χ1n) is 9.78. The minimum absolute atomic E-state index is 0.0953. The van der Waals surface area contributed by atoms with Crippen molar-refractivity contribution in [2.45, 2.75) is 19.0 Å². The van der Waals surface area contributed by atoms with Crippen LogP contribution in [0.3, 0.4) is 0 Å². The quantitative estimate of drug-likeness (QED) is 0.285. The number of thioether (sulfide) groups is 1. The SMILES string of the molecule is CC(=O)Nc1ccc(NC(=O)CSc2nc3scc(-c4ccc(C)cc4)c3c(=O)[nH]2)cc1. The summed E-state index contributed by atoms with van der Waals surface area (Å²) in [5, 5.41) is 8.35. The van der Waals surface area contributed by atoms with Gasteiger partial charge in [0.15, 0.2) is 5.16 Å². The Morgan fingerprint density at radius 2 is 1.69 bits per heavy atom. The number of hydrogen-bond acceptors (Lipinski definition) is 6. The van der Waals surface area contributed by atoms with Gasteiger partial charge in [-0.15, -0.1) is 11.3 Å². The summed E-state index contributed by atoms with van der Waals surface area (Å²) >= 11 is 2.58. The van der Waals surface area contributed by atoms with Crippen molar-refractivity contribution < 1.29 is 9.59 Å². The topological polar surface area (TPSA) is 104 Å². The molecule has 4 aromatic rings. The van der Waals surface area contributed by atoms with Crippen LogP contribution in [0.4, 0.5) is 11.4 Å².